The zero-order valence-corrected chi connectivity index (χ0v) is 16.5. The molecule has 0 unspecified atom stereocenters. The number of benzene rings is 1. The molecule has 0 fully saturated rings. The summed E-state index contributed by atoms with van der Waals surface area (Å²) in [7, 11) is 1.81. The van der Waals surface area contributed by atoms with Gasteiger partial charge in [0.15, 0.2) is 5.96 Å². The molecule has 25 heavy (non-hydrogen) atoms. The van der Waals surface area contributed by atoms with Crippen molar-refractivity contribution in [1.82, 2.24) is 15.6 Å². The monoisotopic (exact) mass is 359 g/mol. The van der Waals surface area contributed by atoms with Crippen LogP contribution in [0.25, 0.3) is 0 Å². The zero-order chi connectivity index (χ0) is 18.1. The molecule has 2 N–H and O–H groups in total. The number of hydrogen-bond acceptors (Lipinski definition) is 4. The number of hydrogen-bond donors (Lipinski definition) is 2. The van der Waals surface area contributed by atoms with E-state index < -0.39 is 0 Å². The zero-order valence-electron chi connectivity index (χ0n) is 15.7. The SMILES string of the molecule is CCN(CCCNC(=NC)NCc1sc(C)nc1C)c1ccccc1. The Morgan fingerprint density at radius 3 is 2.56 bits per heavy atom. The van der Waals surface area contributed by atoms with Gasteiger partial charge in [-0.1, -0.05) is 18.2 Å². The van der Waals surface area contributed by atoms with Crippen LogP contribution in [0.2, 0.25) is 0 Å². The number of nitrogens with one attached hydrogen (secondary N) is 2. The van der Waals surface area contributed by atoms with Gasteiger partial charge in [-0.25, -0.2) is 4.98 Å². The standard InChI is InChI=1S/C19H29N5S/c1-5-24(17-10-7-6-8-11-17)13-9-12-21-19(20-4)22-14-18-15(2)23-16(3)25-18/h6-8,10-11H,5,9,12-14H2,1-4H3,(H2,20,21,22). The van der Waals surface area contributed by atoms with E-state index in [0.717, 1.165) is 49.3 Å². The molecule has 0 bridgehead atoms. The van der Waals surface area contributed by atoms with E-state index in [-0.39, 0.29) is 0 Å². The highest BCUT2D eigenvalue weighted by molar-refractivity contribution is 7.11. The first kappa shape index (κ1) is 19.2. The molecule has 1 heterocycles. The Hall–Kier alpha value is -2.08. The fourth-order valence-corrected chi connectivity index (χ4v) is 3.58. The van der Waals surface area contributed by atoms with Crippen molar-refractivity contribution in [3.8, 4) is 0 Å². The van der Waals surface area contributed by atoms with Gasteiger partial charge in [0.1, 0.15) is 0 Å². The molecule has 2 aromatic rings. The molecular weight excluding hydrogens is 330 g/mol. The topological polar surface area (TPSA) is 52.5 Å². The molecule has 6 heteroatoms. The highest BCUT2D eigenvalue weighted by Gasteiger charge is 2.06. The van der Waals surface area contributed by atoms with Gasteiger partial charge in [0, 0.05) is 37.2 Å². The minimum absolute atomic E-state index is 0.766. The van der Waals surface area contributed by atoms with Crippen LogP contribution in [-0.2, 0) is 6.54 Å². The average molecular weight is 360 g/mol. The smallest absolute Gasteiger partial charge is 0.191 e. The van der Waals surface area contributed by atoms with E-state index in [1.165, 1.54) is 10.6 Å². The number of nitrogens with zero attached hydrogens (tertiary/aromatic N) is 3. The number of aromatic nitrogens is 1. The molecule has 136 valence electrons. The minimum Gasteiger partial charge on any atom is -0.372 e. The first-order valence-electron chi connectivity index (χ1n) is 8.81. The number of guanidine groups is 1. The fourth-order valence-electron chi connectivity index (χ4n) is 2.71. The van der Waals surface area contributed by atoms with Crippen molar-refractivity contribution < 1.29 is 0 Å². The maximum atomic E-state index is 4.46. The van der Waals surface area contributed by atoms with Crippen LogP contribution in [0.3, 0.4) is 0 Å². The van der Waals surface area contributed by atoms with Crippen molar-refractivity contribution in [2.75, 3.05) is 31.6 Å². The van der Waals surface area contributed by atoms with Gasteiger partial charge in [0.2, 0.25) is 0 Å². The van der Waals surface area contributed by atoms with Gasteiger partial charge in [0.25, 0.3) is 0 Å². The van der Waals surface area contributed by atoms with Gasteiger partial charge in [-0.2, -0.15) is 0 Å². The Balaban J connectivity index is 1.73. The highest BCUT2D eigenvalue weighted by Crippen LogP contribution is 2.16. The third-order valence-corrected chi connectivity index (χ3v) is 5.11. The van der Waals surface area contributed by atoms with Crippen molar-refractivity contribution in [3.63, 3.8) is 0 Å². The van der Waals surface area contributed by atoms with Crippen molar-refractivity contribution in [2.45, 2.75) is 33.7 Å². The van der Waals surface area contributed by atoms with Gasteiger partial charge in [-0.3, -0.25) is 4.99 Å². The van der Waals surface area contributed by atoms with E-state index in [2.05, 4.69) is 69.7 Å². The quantitative estimate of drug-likeness (QED) is 0.431. The first-order valence-corrected chi connectivity index (χ1v) is 9.63. The number of thiazole rings is 1. The lowest BCUT2D eigenvalue weighted by Crippen LogP contribution is -2.38. The van der Waals surface area contributed by atoms with Crippen molar-refractivity contribution in [1.29, 1.82) is 0 Å². The van der Waals surface area contributed by atoms with Gasteiger partial charge in [0.05, 0.1) is 17.2 Å². The Kier molecular flexibility index (Phi) is 7.73. The van der Waals surface area contributed by atoms with Crippen molar-refractivity contribution in [2.24, 2.45) is 4.99 Å². The molecule has 5 nitrogen and oxygen atoms in total. The van der Waals surface area contributed by atoms with Crippen LogP contribution in [0, 0.1) is 13.8 Å². The first-order chi connectivity index (χ1) is 12.1. The summed E-state index contributed by atoms with van der Waals surface area (Å²) in [5, 5.41) is 7.87. The number of aliphatic imine (C=N–C) groups is 1. The number of para-hydroxylation sites is 1. The molecule has 0 aliphatic rings. The molecule has 1 aromatic heterocycles. The molecule has 1 aromatic carbocycles. The van der Waals surface area contributed by atoms with E-state index in [0.29, 0.717) is 0 Å². The van der Waals surface area contributed by atoms with E-state index in [9.17, 15) is 0 Å². The lowest BCUT2D eigenvalue weighted by atomic mass is 10.2. The van der Waals surface area contributed by atoms with Crippen molar-refractivity contribution in [3.05, 3.63) is 45.9 Å². The Morgan fingerprint density at radius 2 is 1.96 bits per heavy atom. The van der Waals surface area contributed by atoms with Gasteiger partial charge in [-0.05, 0) is 39.3 Å². The summed E-state index contributed by atoms with van der Waals surface area (Å²) >= 11 is 1.74. The summed E-state index contributed by atoms with van der Waals surface area (Å²) in [5.74, 6) is 0.841. The largest absolute Gasteiger partial charge is 0.372 e. The molecule has 0 amide bonds. The minimum atomic E-state index is 0.766. The molecule has 0 radical (unpaired) electrons. The predicted molar refractivity (Wildman–Crippen MR) is 109 cm³/mol. The lowest BCUT2D eigenvalue weighted by molar-refractivity contribution is 0.709. The molecule has 0 aliphatic carbocycles. The number of rotatable bonds is 8. The number of anilines is 1. The van der Waals surface area contributed by atoms with Crippen LogP contribution >= 0.6 is 11.3 Å². The van der Waals surface area contributed by atoms with Crippen LogP contribution in [-0.4, -0.2) is 37.6 Å². The second kappa shape index (κ2) is 10.0. The molecule has 2 rings (SSSR count). The predicted octanol–water partition coefficient (Wildman–Crippen LogP) is 3.34. The molecule has 0 saturated heterocycles. The summed E-state index contributed by atoms with van der Waals surface area (Å²) in [6, 6.07) is 10.6. The maximum absolute atomic E-state index is 4.46. The Morgan fingerprint density at radius 1 is 1.20 bits per heavy atom. The maximum Gasteiger partial charge on any atom is 0.191 e. The van der Waals surface area contributed by atoms with Crippen LogP contribution in [0.4, 0.5) is 5.69 Å². The average Bonchev–Trinajstić information content (AvgIpc) is 2.95. The van der Waals surface area contributed by atoms with Gasteiger partial charge in [-0.15, -0.1) is 11.3 Å². The van der Waals surface area contributed by atoms with E-state index in [4.69, 9.17) is 0 Å². The normalized spacial score (nSPS) is 11.4. The third kappa shape index (κ3) is 6.05. The van der Waals surface area contributed by atoms with E-state index in [1.807, 2.05) is 14.0 Å². The van der Waals surface area contributed by atoms with Crippen LogP contribution in [0.15, 0.2) is 35.3 Å². The van der Waals surface area contributed by atoms with Crippen LogP contribution in [0.1, 0.15) is 28.9 Å². The Bertz CT molecular complexity index is 666. The Labute approximate surface area is 155 Å². The second-order valence-electron chi connectivity index (χ2n) is 5.86. The number of aryl methyl sites for hydroxylation is 2. The summed E-state index contributed by atoms with van der Waals surface area (Å²) in [4.78, 5) is 12.4. The van der Waals surface area contributed by atoms with Crippen molar-refractivity contribution >= 4 is 23.0 Å². The van der Waals surface area contributed by atoms with Crippen LogP contribution < -0.4 is 15.5 Å². The summed E-state index contributed by atoms with van der Waals surface area (Å²) in [6.45, 7) is 9.99. The van der Waals surface area contributed by atoms with Gasteiger partial charge < -0.3 is 15.5 Å². The molecule has 0 saturated carbocycles. The van der Waals surface area contributed by atoms with E-state index in [1.54, 1.807) is 11.3 Å². The lowest BCUT2D eigenvalue weighted by Gasteiger charge is -2.23. The third-order valence-electron chi connectivity index (χ3n) is 4.04. The van der Waals surface area contributed by atoms with E-state index >= 15 is 0 Å². The molecule has 0 atom stereocenters. The second-order valence-corrected chi connectivity index (χ2v) is 7.15. The fraction of sp³-hybridized carbons (Fsp3) is 0.474. The summed E-state index contributed by atoms with van der Waals surface area (Å²) in [5.41, 5.74) is 2.38. The van der Waals surface area contributed by atoms with Gasteiger partial charge >= 0.3 is 0 Å². The molecule has 0 aliphatic heterocycles. The summed E-state index contributed by atoms with van der Waals surface area (Å²) in [6.07, 6.45) is 1.06. The summed E-state index contributed by atoms with van der Waals surface area (Å²) < 4.78 is 0. The highest BCUT2D eigenvalue weighted by atomic mass is 32.1. The molecule has 0 spiro atoms. The van der Waals surface area contributed by atoms with Crippen LogP contribution in [0.5, 0.6) is 0 Å². The molecular formula is C19H29N5S.